The first-order chi connectivity index (χ1) is 12.4. The highest BCUT2D eigenvalue weighted by molar-refractivity contribution is 7.80. The average Bonchev–Trinajstić information content (AvgIpc) is 2.64. The van der Waals surface area contributed by atoms with E-state index in [4.69, 9.17) is 17.0 Å². The van der Waals surface area contributed by atoms with Crippen molar-refractivity contribution in [2.45, 2.75) is 20.3 Å². The fourth-order valence-electron chi connectivity index (χ4n) is 2.22. The Labute approximate surface area is 157 Å². The number of carbonyl (C=O) groups excluding carboxylic acids is 2. The minimum Gasteiger partial charge on any atom is -0.497 e. The molecule has 3 N–H and O–H groups in total. The van der Waals surface area contributed by atoms with Gasteiger partial charge in [0, 0.05) is 23.4 Å². The van der Waals surface area contributed by atoms with Crippen LogP contribution in [0.4, 0.5) is 11.4 Å². The van der Waals surface area contributed by atoms with Crippen molar-refractivity contribution in [3.63, 3.8) is 0 Å². The molecular formula is C19H21N3O3S. The quantitative estimate of drug-likeness (QED) is 0.701. The van der Waals surface area contributed by atoms with Crippen LogP contribution in [0.1, 0.15) is 29.3 Å². The molecule has 136 valence electrons. The molecule has 26 heavy (non-hydrogen) atoms. The highest BCUT2D eigenvalue weighted by atomic mass is 32.1. The monoisotopic (exact) mass is 371 g/mol. The molecule has 0 radical (unpaired) electrons. The summed E-state index contributed by atoms with van der Waals surface area (Å²) in [6.45, 7) is 3.65. The third-order valence-electron chi connectivity index (χ3n) is 3.76. The second-order valence-electron chi connectivity index (χ2n) is 5.52. The lowest BCUT2D eigenvalue weighted by molar-refractivity contribution is -0.115. The minimum atomic E-state index is -0.321. The van der Waals surface area contributed by atoms with Gasteiger partial charge in [0.1, 0.15) is 5.75 Å². The van der Waals surface area contributed by atoms with Gasteiger partial charge >= 0.3 is 0 Å². The van der Waals surface area contributed by atoms with Crippen LogP contribution in [0, 0.1) is 6.92 Å². The van der Waals surface area contributed by atoms with E-state index in [1.165, 1.54) is 0 Å². The highest BCUT2D eigenvalue weighted by Crippen LogP contribution is 2.23. The van der Waals surface area contributed by atoms with E-state index in [0.29, 0.717) is 29.1 Å². The van der Waals surface area contributed by atoms with Crippen molar-refractivity contribution in [3.05, 3.63) is 53.6 Å². The fraction of sp³-hybridized carbons (Fsp3) is 0.211. The minimum absolute atomic E-state index is 0.0689. The van der Waals surface area contributed by atoms with Crippen LogP contribution < -0.4 is 20.7 Å². The van der Waals surface area contributed by atoms with E-state index in [1.54, 1.807) is 44.4 Å². The van der Waals surface area contributed by atoms with Gasteiger partial charge in [-0.25, -0.2) is 0 Å². The summed E-state index contributed by atoms with van der Waals surface area (Å²) in [5.41, 5.74) is 2.70. The van der Waals surface area contributed by atoms with Crippen LogP contribution in [-0.4, -0.2) is 24.0 Å². The number of nitrogens with one attached hydrogen (secondary N) is 3. The number of hydrogen-bond acceptors (Lipinski definition) is 4. The number of methoxy groups -OCH3 is 1. The van der Waals surface area contributed by atoms with E-state index < -0.39 is 0 Å². The first kappa shape index (κ1) is 19.4. The summed E-state index contributed by atoms with van der Waals surface area (Å²) in [6.07, 6.45) is 0.396. The van der Waals surface area contributed by atoms with Crippen LogP contribution in [0.3, 0.4) is 0 Å². The first-order valence-electron chi connectivity index (χ1n) is 8.10. The predicted molar refractivity (Wildman–Crippen MR) is 107 cm³/mol. The Bertz CT molecular complexity index is 819. The molecule has 0 saturated carbocycles. The zero-order valence-corrected chi connectivity index (χ0v) is 15.7. The number of hydrogen-bond donors (Lipinski definition) is 3. The molecule has 2 rings (SSSR count). The van der Waals surface area contributed by atoms with Crippen molar-refractivity contribution in [1.82, 2.24) is 5.32 Å². The summed E-state index contributed by atoms with van der Waals surface area (Å²) in [5, 5.41) is 8.63. The van der Waals surface area contributed by atoms with Gasteiger partial charge in [-0.05, 0) is 61.1 Å². The number of ether oxygens (including phenoxy) is 1. The molecule has 0 spiro atoms. The van der Waals surface area contributed by atoms with Crippen LogP contribution in [0.5, 0.6) is 5.75 Å². The SMILES string of the molecule is CCC(=O)Nc1cccc(NC(=S)NC(=O)c2ccc(OC)cc2)c1C. The number of carbonyl (C=O) groups is 2. The van der Waals surface area contributed by atoms with E-state index in [2.05, 4.69) is 16.0 Å². The Hall–Kier alpha value is -2.93. The highest BCUT2D eigenvalue weighted by Gasteiger charge is 2.11. The fourth-order valence-corrected chi connectivity index (χ4v) is 2.42. The predicted octanol–water partition coefficient (Wildman–Crippen LogP) is 3.48. The van der Waals surface area contributed by atoms with Gasteiger partial charge < -0.3 is 15.4 Å². The topological polar surface area (TPSA) is 79.5 Å². The Balaban J connectivity index is 2.03. The zero-order valence-electron chi connectivity index (χ0n) is 14.9. The molecule has 0 aliphatic carbocycles. The average molecular weight is 371 g/mol. The van der Waals surface area contributed by atoms with Gasteiger partial charge in [-0.3, -0.25) is 14.9 Å². The van der Waals surface area contributed by atoms with Crippen molar-refractivity contribution in [1.29, 1.82) is 0 Å². The summed E-state index contributed by atoms with van der Waals surface area (Å²) in [7, 11) is 1.56. The van der Waals surface area contributed by atoms with Gasteiger partial charge in [0.25, 0.3) is 5.91 Å². The summed E-state index contributed by atoms with van der Waals surface area (Å²) >= 11 is 5.22. The maximum Gasteiger partial charge on any atom is 0.257 e. The third-order valence-corrected chi connectivity index (χ3v) is 3.96. The van der Waals surface area contributed by atoms with Gasteiger partial charge in [-0.15, -0.1) is 0 Å². The number of anilines is 2. The number of rotatable bonds is 5. The molecule has 0 saturated heterocycles. The van der Waals surface area contributed by atoms with Crippen molar-refractivity contribution < 1.29 is 14.3 Å². The maximum atomic E-state index is 12.2. The van der Waals surface area contributed by atoms with E-state index in [9.17, 15) is 9.59 Å². The largest absolute Gasteiger partial charge is 0.497 e. The first-order valence-corrected chi connectivity index (χ1v) is 8.51. The smallest absolute Gasteiger partial charge is 0.257 e. The Morgan fingerprint density at radius 2 is 1.65 bits per heavy atom. The Morgan fingerprint density at radius 1 is 1.04 bits per heavy atom. The van der Waals surface area contributed by atoms with Crippen LogP contribution in [0.2, 0.25) is 0 Å². The van der Waals surface area contributed by atoms with Gasteiger partial charge in [0.05, 0.1) is 7.11 Å². The molecular weight excluding hydrogens is 350 g/mol. The standard InChI is InChI=1S/C19H21N3O3S/c1-4-17(23)20-15-6-5-7-16(12(15)2)21-19(26)22-18(24)13-8-10-14(25-3)11-9-13/h5-11H,4H2,1-3H3,(H,20,23)(H2,21,22,24,26). The van der Waals surface area contributed by atoms with Gasteiger partial charge in [-0.1, -0.05) is 13.0 Å². The van der Waals surface area contributed by atoms with Crippen LogP contribution in [0.15, 0.2) is 42.5 Å². The maximum absolute atomic E-state index is 12.2. The summed E-state index contributed by atoms with van der Waals surface area (Å²) in [6, 6.07) is 12.2. The molecule has 0 aliphatic rings. The molecule has 0 aromatic heterocycles. The lowest BCUT2D eigenvalue weighted by Crippen LogP contribution is -2.34. The number of thiocarbonyl (C=S) groups is 1. The van der Waals surface area contributed by atoms with E-state index in [1.807, 2.05) is 19.1 Å². The van der Waals surface area contributed by atoms with Crippen molar-refractivity contribution in [2.24, 2.45) is 0 Å². The van der Waals surface area contributed by atoms with Gasteiger partial charge in [-0.2, -0.15) is 0 Å². The van der Waals surface area contributed by atoms with Crippen molar-refractivity contribution in [2.75, 3.05) is 17.7 Å². The van der Waals surface area contributed by atoms with Gasteiger partial charge in [0.2, 0.25) is 5.91 Å². The Morgan fingerprint density at radius 3 is 2.23 bits per heavy atom. The number of amides is 2. The lowest BCUT2D eigenvalue weighted by Gasteiger charge is -2.15. The van der Waals surface area contributed by atoms with Crippen molar-refractivity contribution in [3.8, 4) is 5.75 Å². The molecule has 2 aromatic rings. The number of benzene rings is 2. The lowest BCUT2D eigenvalue weighted by atomic mass is 10.1. The van der Waals surface area contributed by atoms with E-state index in [0.717, 1.165) is 5.56 Å². The van der Waals surface area contributed by atoms with Crippen LogP contribution in [0.25, 0.3) is 0 Å². The molecule has 2 aromatic carbocycles. The molecule has 0 atom stereocenters. The van der Waals surface area contributed by atoms with Crippen molar-refractivity contribution >= 4 is 40.5 Å². The van der Waals surface area contributed by atoms with Gasteiger partial charge in [0.15, 0.2) is 5.11 Å². The van der Waals surface area contributed by atoms with E-state index >= 15 is 0 Å². The molecule has 7 heteroatoms. The Kier molecular flexibility index (Phi) is 6.68. The molecule has 2 amide bonds. The normalized spacial score (nSPS) is 9.96. The molecule has 0 fully saturated rings. The molecule has 0 unspecified atom stereocenters. The summed E-state index contributed by atoms with van der Waals surface area (Å²) in [5.74, 6) is 0.280. The second kappa shape index (κ2) is 8.96. The molecule has 0 heterocycles. The third kappa shape index (κ3) is 5.03. The summed E-state index contributed by atoms with van der Waals surface area (Å²) < 4.78 is 5.07. The second-order valence-corrected chi connectivity index (χ2v) is 5.92. The van der Waals surface area contributed by atoms with Crippen LogP contribution in [-0.2, 0) is 4.79 Å². The summed E-state index contributed by atoms with van der Waals surface area (Å²) in [4.78, 5) is 23.8. The zero-order chi connectivity index (χ0) is 19.1. The van der Waals surface area contributed by atoms with E-state index in [-0.39, 0.29) is 16.9 Å². The molecule has 0 aliphatic heterocycles. The van der Waals surface area contributed by atoms with Crippen LogP contribution >= 0.6 is 12.2 Å². The molecule has 6 nitrogen and oxygen atoms in total. The molecule has 0 bridgehead atoms.